The lowest BCUT2D eigenvalue weighted by molar-refractivity contribution is -0.139. The number of carbonyl (C=O) groups excluding carboxylic acids is 2. The van der Waals surface area contributed by atoms with Crippen LogP contribution in [0.2, 0.25) is 0 Å². The highest BCUT2D eigenvalue weighted by Crippen LogP contribution is 2.36. The number of amides is 2. The van der Waals surface area contributed by atoms with E-state index < -0.39 is 28.5 Å². The van der Waals surface area contributed by atoms with Gasteiger partial charge < -0.3 is 19.7 Å². The molecule has 0 aromatic heterocycles. The Labute approximate surface area is 223 Å². The maximum absolute atomic E-state index is 13.8. The number of likely N-dealkylation sites (N-methyl/N-ethyl adjacent to an activating group) is 1. The van der Waals surface area contributed by atoms with Gasteiger partial charge in [0, 0.05) is 19.7 Å². The smallest absolute Gasteiger partial charge is 0.264 e. The van der Waals surface area contributed by atoms with Crippen molar-refractivity contribution >= 4 is 27.5 Å². The molecule has 1 atom stereocenters. The number of nitrogens with one attached hydrogen (secondary N) is 1. The zero-order valence-electron chi connectivity index (χ0n) is 21.6. The zero-order valence-corrected chi connectivity index (χ0v) is 22.4. The van der Waals surface area contributed by atoms with E-state index in [1.165, 1.54) is 24.1 Å². The number of aryl methyl sites for hydroxylation is 1. The van der Waals surface area contributed by atoms with E-state index in [-0.39, 0.29) is 23.0 Å². The van der Waals surface area contributed by atoms with E-state index in [2.05, 4.69) is 5.32 Å². The van der Waals surface area contributed by atoms with Gasteiger partial charge in [0.15, 0.2) is 11.5 Å². The fourth-order valence-electron chi connectivity index (χ4n) is 4.12. The van der Waals surface area contributed by atoms with Crippen molar-refractivity contribution in [2.24, 2.45) is 0 Å². The lowest BCUT2D eigenvalue weighted by Crippen LogP contribution is -2.50. The Hall–Kier alpha value is -4.05. The van der Waals surface area contributed by atoms with Gasteiger partial charge in [0.2, 0.25) is 11.8 Å². The van der Waals surface area contributed by atoms with Gasteiger partial charge in [0.05, 0.1) is 10.6 Å². The molecule has 2 amide bonds. The van der Waals surface area contributed by atoms with Crippen LogP contribution in [-0.2, 0) is 26.2 Å². The van der Waals surface area contributed by atoms with Crippen molar-refractivity contribution in [3.63, 3.8) is 0 Å². The summed E-state index contributed by atoms with van der Waals surface area (Å²) in [6, 6.07) is 19.4. The van der Waals surface area contributed by atoms with Crippen LogP contribution in [0.1, 0.15) is 18.1 Å². The van der Waals surface area contributed by atoms with Crippen LogP contribution in [0.3, 0.4) is 0 Å². The predicted octanol–water partition coefficient (Wildman–Crippen LogP) is 3.12. The molecule has 1 unspecified atom stereocenters. The molecule has 1 heterocycles. The van der Waals surface area contributed by atoms with Crippen LogP contribution in [-0.4, -0.2) is 58.0 Å². The van der Waals surface area contributed by atoms with Crippen molar-refractivity contribution in [2.75, 3.05) is 31.1 Å². The lowest BCUT2D eigenvalue weighted by atomic mass is 10.1. The van der Waals surface area contributed by atoms with Gasteiger partial charge >= 0.3 is 0 Å². The van der Waals surface area contributed by atoms with E-state index in [1.54, 1.807) is 43.3 Å². The van der Waals surface area contributed by atoms with Gasteiger partial charge in [-0.25, -0.2) is 8.42 Å². The van der Waals surface area contributed by atoms with Crippen molar-refractivity contribution in [1.82, 2.24) is 10.2 Å². The fraction of sp³-hybridized carbons (Fsp3) is 0.286. The molecule has 4 rings (SSSR count). The first-order valence-electron chi connectivity index (χ1n) is 12.2. The van der Waals surface area contributed by atoms with E-state index >= 15 is 0 Å². The van der Waals surface area contributed by atoms with Gasteiger partial charge in [-0.15, -0.1) is 0 Å². The maximum atomic E-state index is 13.8. The lowest BCUT2D eigenvalue weighted by Gasteiger charge is -2.32. The molecule has 0 radical (unpaired) electrons. The molecule has 1 N–H and O–H groups in total. The molecule has 3 aromatic carbocycles. The number of fused-ring (bicyclic) bond motifs is 1. The number of hydrogen-bond acceptors (Lipinski definition) is 6. The minimum Gasteiger partial charge on any atom is -0.486 e. The molecule has 3 aromatic rings. The summed E-state index contributed by atoms with van der Waals surface area (Å²) in [6.07, 6.45) is 0. The van der Waals surface area contributed by atoms with Crippen LogP contribution in [0.5, 0.6) is 11.5 Å². The Balaban J connectivity index is 1.73. The summed E-state index contributed by atoms with van der Waals surface area (Å²) in [5.74, 6) is 0.000603. The van der Waals surface area contributed by atoms with Gasteiger partial charge in [0.25, 0.3) is 10.0 Å². The molecule has 9 nitrogen and oxygen atoms in total. The molecular weight excluding hydrogens is 506 g/mol. The molecule has 38 heavy (non-hydrogen) atoms. The van der Waals surface area contributed by atoms with E-state index in [4.69, 9.17) is 9.47 Å². The minimum atomic E-state index is -4.15. The van der Waals surface area contributed by atoms with Crippen molar-refractivity contribution < 1.29 is 27.5 Å². The Bertz CT molecular complexity index is 1390. The Morgan fingerprint density at radius 1 is 0.947 bits per heavy atom. The Kier molecular flexibility index (Phi) is 8.21. The highest BCUT2D eigenvalue weighted by molar-refractivity contribution is 7.92. The molecule has 0 aliphatic carbocycles. The molecular formula is C28H31N3O6S. The molecule has 1 aliphatic rings. The number of sulfonamides is 1. The third-order valence-corrected chi connectivity index (χ3v) is 8.10. The van der Waals surface area contributed by atoms with Gasteiger partial charge in [-0.1, -0.05) is 48.0 Å². The highest BCUT2D eigenvalue weighted by atomic mass is 32.2. The van der Waals surface area contributed by atoms with Crippen molar-refractivity contribution in [3.8, 4) is 11.5 Å². The second-order valence-electron chi connectivity index (χ2n) is 8.95. The SMILES string of the molecule is CNC(=O)C(C)N(Cc1ccc(C)cc1)C(=O)CN(c1ccc2c(c1)OCCO2)S(=O)(=O)c1ccccc1. The Morgan fingerprint density at radius 2 is 1.61 bits per heavy atom. The molecule has 0 saturated heterocycles. The summed E-state index contributed by atoms with van der Waals surface area (Å²) in [7, 11) is -2.66. The van der Waals surface area contributed by atoms with Gasteiger partial charge in [-0.3, -0.25) is 13.9 Å². The number of anilines is 1. The summed E-state index contributed by atoms with van der Waals surface area (Å²) >= 11 is 0. The van der Waals surface area contributed by atoms with E-state index in [9.17, 15) is 18.0 Å². The molecule has 1 aliphatic heterocycles. The standard InChI is InChI=1S/C28H31N3O6S/c1-20-9-11-22(12-10-20)18-30(21(2)28(33)29-3)27(32)19-31(38(34,35)24-7-5-4-6-8-24)23-13-14-25-26(17-23)37-16-15-36-25/h4-14,17,21H,15-16,18-19H2,1-3H3,(H,29,33). The molecule has 0 bridgehead atoms. The van der Waals surface area contributed by atoms with Crippen LogP contribution >= 0.6 is 0 Å². The van der Waals surface area contributed by atoms with Gasteiger partial charge in [0.1, 0.15) is 25.8 Å². The van der Waals surface area contributed by atoms with Crippen LogP contribution in [0.4, 0.5) is 5.69 Å². The Morgan fingerprint density at radius 3 is 2.26 bits per heavy atom. The molecule has 200 valence electrons. The number of ether oxygens (including phenoxy) is 2. The van der Waals surface area contributed by atoms with Crippen LogP contribution in [0.25, 0.3) is 0 Å². The molecule has 0 fully saturated rings. The topological polar surface area (TPSA) is 105 Å². The van der Waals surface area contributed by atoms with Crippen LogP contribution in [0, 0.1) is 6.92 Å². The first-order chi connectivity index (χ1) is 18.2. The van der Waals surface area contributed by atoms with E-state index in [1.807, 2.05) is 31.2 Å². The summed E-state index contributed by atoms with van der Waals surface area (Å²) in [5, 5.41) is 2.58. The van der Waals surface area contributed by atoms with Crippen molar-refractivity contribution in [1.29, 1.82) is 0 Å². The van der Waals surface area contributed by atoms with Gasteiger partial charge in [-0.2, -0.15) is 0 Å². The third-order valence-electron chi connectivity index (χ3n) is 6.31. The van der Waals surface area contributed by atoms with E-state index in [0.717, 1.165) is 15.4 Å². The maximum Gasteiger partial charge on any atom is 0.264 e. The van der Waals surface area contributed by atoms with Crippen LogP contribution in [0.15, 0.2) is 77.7 Å². The molecule has 0 saturated carbocycles. The number of benzene rings is 3. The van der Waals surface area contributed by atoms with Crippen LogP contribution < -0.4 is 19.1 Å². The first kappa shape index (κ1) is 27.0. The average Bonchev–Trinajstić information content (AvgIpc) is 2.94. The van der Waals surface area contributed by atoms with Crippen molar-refractivity contribution in [2.45, 2.75) is 31.3 Å². The largest absolute Gasteiger partial charge is 0.486 e. The average molecular weight is 538 g/mol. The summed E-state index contributed by atoms with van der Waals surface area (Å²) in [4.78, 5) is 27.8. The zero-order chi connectivity index (χ0) is 27.3. The third kappa shape index (κ3) is 5.91. The number of carbonyl (C=O) groups is 2. The highest BCUT2D eigenvalue weighted by Gasteiger charge is 2.33. The summed E-state index contributed by atoms with van der Waals surface area (Å²) in [6.45, 7) is 3.90. The quantitative estimate of drug-likeness (QED) is 0.450. The number of nitrogens with zero attached hydrogens (tertiary/aromatic N) is 2. The number of hydrogen-bond donors (Lipinski definition) is 1. The number of rotatable bonds is 9. The van der Waals surface area contributed by atoms with Crippen molar-refractivity contribution in [3.05, 3.63) is 83.9 Å². The monoisotopic (exact) mass is 537 g/mol. The molecule has 0 spiro atoms. The second kappa shape index (κ2) is 11.6. The fourth-order valence-corrected chi connectivity index (χ4v) is 5.54. The minimum absolute atomic E-state index is 0.0344. The van der Waals surface area contributed by atoms with Gasteiger partial charge in [-0.05, 0) is 43.7 Å². The second-order valence-corrected chi connectivity index (χ2v) is 10.8. The first-order valence-corrected chi connectivity index (χ1v) is 13.7. The summed E-state index contributed by atoms with van der Waals surface area (Å²) in [5.41, 5.74) is 2.12. The summed E-state index contributed by atoms with van der Waals surface area (Å²) < 4.78 is 39.9. The molecule has 10 heteroatoms. The predicted molar refractivity (Wildman–Crippen MR) is 144 cm³/mol. The normalized spacial score (nSPS) is 13.3. The van der Waals surface area contributed by atoms with E-state index in [0.29, 0.717) is 24.7 Å².